The predicted octanol–water partition coefficient (Wildman–Crippen LogP) is 5.33. The highest BCUT2D eigenvalue weighted by Crippen LogP contribution is 2.27. The first kappa shape index (κ1) is 23.4. The van der Waals surface area contributed by atoms with Crippen molar-refractivity contribution in [1.82, 2.24) is 4.98 Å². The number of aromatic carboxylic acids is 1. The van der Waals surface area contributed by atoms with Crippen LogP contribution in [0.3, 0.4) is 0 Å². The van der Waals surface area contributed by atoms with Crippen LogP contribution in [0.25, 0.3) is 0 Å². The lowest BCUT2D eigenvalue weighted by molar-refractivity contribution is 0.0696. The van der Waals surface area contributed by atoms with E-state index in [1.54, 1.807) is 24.3 Å². The summed E-state index contributed by atoms with van der Waals surface area (Å²) in [4.78, 5) is 28.1. The lowest BCUT2D eigenvalue weighted by atomic mass is 10.1. The molecule has 176 valence electrons. The van der Waals surface area contributed by atoms with Crippen LogP contribution in [0.1, 0.15) is 31.8 Å². The first-order valence-corrected chi connectivity index (χ1v) is 10.7. The summed E-state index contributed by atoms with van der Waals surface area (Å²) in [6.45, 7) is 0.359. The van der Waals surface area contributed by atoms with Gasteiger partial charge in [0.25, 0.3) is 5.91 Å². The highest BCUT2D eigenvalue weighted by Gasteiger charge is 2.16. The molecule has 1 aromatic heterocycles. The summed E-state index contributed by atoms with van der Waals surface area (Å²) in [5.41, 5.74) is 1.77. The number of anilines is 1. The highest BCUT2D eigenvalue weighted by molar-refractivity contribution is 6.06. The third-order valence-electron chi connectivity index (χ3n) is 4.98. The van der Waals surface area contributed by atoms with E-state index in [-0.39, 0.29) is 36.0 Å². The first-order chi connectivity index (χ1) is 17.0. The first-order valence-electron chi connectivity index (χ1n) is 10.7. The van der Waals surface area contributed by atoms with Crippen LogP contribution in [0.15, 0.2) is 91.1 Å². The van der Waals surface area contributed by atoms with Crippen molar-refractivity contribution in [1.29, 1.82) is 0 Å². The molecule has 4 aromatic rings. The molecule has 0 aliphatic rings. The fraction of sp³-hybridized carbons (Fsp3) is 0.0741. The van der Waals surface area contributed by atoms with E-state index in [2.05, 4.69) is 10.3 Å². The molecule has 0 bridgehead atoms. The molecule has 0 fully saturated rings. The molecule has 8 heteroatoms. The standard InChI is InChI=1S/C27H21FN2O5/c28-21-8-4-7-19(13-21)17-34-22-10-11-24(35-16-18-5-2-1-3-6-18)23(14-22)26(31)30-25-12-9-20(15-29-25)27(32)33/h1-15H,16-17H2,(H,32,33)(H,29,30,31). The Hall–Kier alpha value is -4.72. The average molecular weight is 472 g/mol. The average Bonchev–Trinajstić information content (AvgIpc) is 2.87. The van der Waals surface area contributed by atoms with Crippen molar-refractivity contribution in [2.45, 2.75) is 13.2 Å². The topological polar surface area (TPSA) is 97.8 Å². The van der Waals surface area contributed by atoms with Crippen LogP contribution in [0.2, 0.25) is 0 Å². The van der Waals surface area contributed by atoms with Crippen LogP contribution >= 0.6 is 0 Å². The maximum atomic E-state index is 13.5. The van der Waals surface area contributed by atoms with Gasteiger partial charge in [-0.15, -0.1) is 0 Å². The zero-order valence-electron chi connectivity index (χ0n) is 18.5. The summed E-state index contributed by atoms with van der Waals surface area (Å²) >= 11 is 0. The number of halogens is 1. The zero-order valence-corrected chi connectivity index (χ0v) is 18.5. The van der Waals surface area contributed by atoms with Gasteiger partial charge < -0.3 is 19.9 Å². The summed E-state index contributed by atoms with van der Waals surface area (Å²) in [5.74, 6) is -1.10. The zero-order chi connectivity index (χ0) is 24.6. The number of ether oxygens (including phenoxy) is 2. The van der Waals surface area contributed by atoms with Gasteiger partial charge in [-0.05, 0) is 53.6 Å². The number of pyridine rings is 1. The minimum atomic E-state index is -1.12. The Labute approximate surface area is 200 Å². The van der Waals surface area contributed by atoms with E-state index in [1.807, 2.05) is 30.3 Å². The molecule has 0 spiro atoms. The highest BCUT2D eigenvalue weighted by atomic mass is 19.1. The second kappa shape index (κ2) is 10.9. The van der Waals surface area contributed by atoms with E-state index < -0.39 is 11.9 Å². The summed E-state index contributed by atoms with van der Waals surface area (Å²) in [7, 11) is 0. The smallest absolute Gasteiger partial charge is 0.337 e. The number of nitrogens with one attached hydrogen (secondary N) is 1. The van der Waals surface area contributed by atoms with E-state index in [1.165, 1.54) is 30.3 Å². The summed E-state index contributed by atoms with van der Waals surface area (Å²) in [6.07, 6.45) is 1.16. The third kappa shape index (κ3) is 6.42. The Morgan fingerprint density at radius 2 is 1.63 bits per heavy atom. The number of amides is 1. The minimum Gasteiger partial charge on any atom is -0.489 e. The maximum absolute atomic E-state index is 13.5. The molecule has 0 aliphatic carbocycles. The van der Waals surface area contributed by atoms with Gasteiger partial charge in [-0.1, -0.05) is 42.5 Å². The third-order valence-corrected chi connectivity index (χ3v) is 4.98. The van der Waals surface area contributed by atoms with Gasteiger partial charge in [-0.25, -0.2) is 14.2 Å². The molecular weight excluding hydrogens is 451 g/mol. The maximum Gasteiger partial charge on any atom is 0.337 e. The number of carboxylic acids is 1. The lowest BCUT2D eigenvalue weighted by Gasteiger charge is -2.14. The van der Waals surface area contributed by atoms with E-state index in [0.717, 1.165) is 11.8 Å². The van der Waals surface area contributed by atoms with Crippen molar-refractivity contribution < 1.29 is 28.6 Å². The second-order valence-electron chi connectivity index (χ2n) is 7.54. The van der Waals surface area contributed by atoms with E-state index >= 15 is 0 Å². The number of rotatable bonds is 9. The molecule has 0 unspecified atom stereocenters. The molecular formula is C27H21FN2O5. The summed E-state index contributed by atoms with van der Waals surface area (Å²) in [6, 6.07) is 23.1. The van der Waals surface area contributed by atoms with Crippen LogP contribution < -0.4 is 14.8 Å². The molecule has 0 saturated carbocycles. The molecule has 1 amide bonds. The molecule has 7 nitrogen and oxygen atoms in total. The van der Waals surface area contributed by atoms with Gasteiger partial charge in [0.2, 0.25) is 0 Å². The number of carbonyl (C=O) groups excluding carboxylic acids is 1. The van der Waals surface area contributed by atoms with E-state index in [0.29, 0.717) is 17.1 Å². The Morgan fingerprint density at radius 1 is 0.857 bits per heavy atom. The normalized spacial score (nSPS) is 10.4. The van der Waals surface area contributed by atoms with Gasteiger partial charge in [0.05, 0.1) is 11.1 Å². The molecule has 0 saturated heterocycles. The van der Waals surface area contributed by atoms with Crippen LogP contribution in [0.4, 0.5) is 10.2 Å². The van der Waals surface area contributed by atoms with Crippen molar-refractivity contribution in [3.8, 4) is 11.5 Å². The number of benzene rings is 3. The van der Waals surface area contributed by atoms with Crippen molar-refractivity contribution in [3.05, 3.63) is 119 Å². The molecule has 0 aliphatic heterocycles. The number of carbonyl (C=O) groups is 2. The number of nitrogens with zero attached hydrogens (tertiary/aromatic N) is 1. The van der Waals surface area contributed by atoms with Gasteiger partial charge >= 0.3 is 5.97 Å². The Morgan fingerprint density at radius 3 is 2.34 bits per heavy atom. The number of hydrogen-bond acceptors (Lipinski definition) is 5. The van der Waals surface area contributed by atoms with Crippen LogP contribution in [-0.4, -0.2) is 22.0 Å². The van der Waals surface area contributed by atoms with Crippen LogP contribution in [0, 0.1) is 5.82 Å². The SMILES string of the molecule is O=C(O)c1ccc(NC(=O)c2cc(OCc3cccc(F)c3)ccc2OCc2ccccc2)nc1. The quantitative estimate of drug-likeness (QED) is 0.342. The van der Waals surface area contributed by atoms with Crippen LogP contribution in [0.5, 0.6) is 11.5 Å². The van der Waals surface area contributed by atoms with Crippen molar-refractivity contribution in [3.63, 3.8) is 0 Å². The van der Waals surface area contributed by atoms with Gasteiger partial charge in [-0.3, -0.25) is 4.79 Å². The number of carboxylic acid groups (broad SMARTS) is 1. The second-order valence-corrected chi connectivity index (χ2v) is 7.54. The molecule has 1 heterocycles. The molecule has 4 rings (SSSR count). The molecule has 35 heavy (non-hydrogen) atoms. The molecule has 3 aromatic carbocycles. The van der Waals surface area contributed by atoms with Gasteiger partial charge in [0.1, 0.15) is 36.3 Å². The number of hydrogen-bond donors (Lipinski definition) is 2. The predicted molar refractivity (Wildman–Crippen MR) is 127 cm³/mol. The Bertz CT molecular complexity index is 1330. The van der Waals surface area contributed by atoms with Gasteiger partial charge in [-0.2, -0.15) is 0 Å². The Kier molecular flexibility index (Phi) is 7.32. The van der Waals surface area contributed by atoms with E-state index in [4.69, 9.17) is 14.6 Å². The molecule has 2 N–H and O–H groups in total. The van der Waals surface area contributed by atoms with Crippen molar-refractivity contribution >= 4 is 17.7 Å². The monoisotopic (exact) mass is 472 g/mol. The van der Waals surface area contributed by atoms with Gasteiger partial charge in [0.15, 0.2) is 0 Å². The lowest BCUT2D eigenvalue weighted by Crippen LogP contribution is -2.15. The largest absolute Gasteiger partial charge is 0.489 e. The minimum absolute atomic E-state index is 0.00243. The fourth-order valence-corrected chi connectivity index (χ4v) is 3.21. The van der Waals surface area contributed by atoms with E-state index in [9.17, 15) is 14.0 Å². The fourth-order valence-electron chi connectivity index (χ4n) is 3.21. The molecule has 0 radical (unpaired) electrons. The van der Waals surface area contributed by atoms with Crippen LogP contribution in [-0.2, 0) is 13.2 Å². The van der Waals surface area contributed by atoms with Gasteiger partial charge in [0, 0.05) is 6.20 Å². The summed E-state index contributed by atoms with van der Waals surface area (Å²) < 4.78 is 25.1. The van der Waals surface area contributed by atoms with Crippen molar-refractivity contribution in [2.75, 3.05) is 5.32 Å². The van der Waals surface area contributed by atoms with Crippen molar-refractivity contribution in [2.24, 2.45) is 0 Å². The summed E-state index contributed by atoms with van der Waals surface area (Å²) in [5, 5.41) is 11.7. The number of aromatic nitrogens is 1. The Balaban J connectivity index is 1.55. The molecule has 0 atom stereocenters.